The van der Waals surface area contributed by atoms with Gasteiger partial charge in [-0.05, 0) is 24.1 Å². The summed E-state index contributed by atoms with van der Waals surface area (Å²) in [6.07, 6.45) is -4.46. The van der Waals surface area contributed by atoms with E-state index in [0.717, 1.165) is 7.11 Å². The van der Waals surface area contributed by atoms with Crippen LogP contribution in [0.4, 0.5) is 18.9 Å². The molecule has 36 heavy (non-hydrogen) atoms. The van der Waals surface area contributed by atoms with E-state index in [2.05, 4.69) is 9.72 Å². The Morgan fingerprint density at radius 3 is 2.64 bits per heavy atom. The van der Waals surface area contributed by atoms with Crippen LogP contribution in [-0.4, -0.2) is 42.7 Å². The number of alkyl halides is 3. The molecule has 1 aliphatic rings. The summed E-state index contributed by atoms with van der Waals surface area (Å²) in [5, 5.41) is 11.1. The Kier molecular flexibility index (Phi) is 5.38. The predicted molar refractivity (Wildman–Crippen MR) is 124 cm³/mol. The number of aromatic amines is 1. The van der Waals surface area contributed by atoms with E-state index in [1.807, 2.05) is 6.92 Å². The number of benzene rings is 2. The first-order valence-corrected chi connectivity index (χ1v) is 11.1. The fraction of sp³-hybridized carbons (Fsp3) is 0.280. The Labute approximate surface area is 202 Å². The molecule has 1 atom stereocenters. The van der Waals surface area contributed by atoms with Crippen LogP contribution < -0.4 is 9.64 Å². The van der Waals surface area contributed by atoms with Gasteiger partial charge < -0.3 is 28.9 Å². The van der Waals surface area contributed by atoms with E-state index < -0.39 is 41.0 Å². The summed E-state index contributed by atoms with van der Waals surface area (Å²) in [7, 11) is 2.47. The monoisotopic (exact) mass is 502 g/mol. The van der Waals surface area contributed by atoms with Crippen molar-refractivity contribution < 1.29 is 41.8 Å². The molecule has 5 rings (SSSR count). The molecule has 0 saturated carbocycles. The van der Waals surface area contributed by atoms with E-state index in [9.17, 15) is 27.9 Å². The lowest BCUT2D eigenvalue weighted by atomic mass is 9.92. The number of hydrogen-bond acceptors (Lipinski definition) is 6. The smallest absolute Gasteiger partial charge is 0.432 e. The maximum absolute atomic E-state index is 13.8. The van der Waals surface area contributed by atoms with Crippen molar-refractivity contribution in [3.63, 3.8) is 0 Å². The average molecular weight is 502 g/mol. The number of aromatic nitrogens is 1. The molecule has 0 fully saturated rings. The van der Waals surface area contributed by atoms with Crippen molar-refractivity contribution >= 4 is 39.4 Å². The molecule has 0 aliphatic carbocycles. The van der Waals surface area contributed by atoms with Gasteiger partial charge in [0.15, 0.2) is 5.76 Å². The molecule has 8 nitrogen and oxygen atoms in total. The molecule has 0 radical (unpaired) electrons. The van der Waals surface area contributed by atoms with Gasteiger partial charge in [-0.2, -0.15) is 13.2 Å². The Morgan fingerprint density at radius 1 is 1.25 bits per heavy atom. The zero-order valence-corrected chi connectivity index (χ0v) is 19.4. The van der Waals surface area contributed by atoms with Crippen LogP contribution in [0, 0.1) is 0 Å². The largest absolute Gasteiger partial charge is 0.506 e. The summed E-state index contributed by atoms with van der Waals surface area (Å²) >= 11 is 0. The highest BCUT2D eigenvalue weighted by atomic mass is 19.4. The molecule has 0 bridgehead atoms. The second-order valence-electron chi connectivity index (χ2n) is 8.45. The van der Waals surface area contributed by atoms with E-state index >= 15 is 0 Å². The van der Waals surface area contributed by atoms with Gasteiger partial charge in [-0.3, -0.25) is 4.79 Å². The summed E-state index contributed by atoms with van der Waals surface area (Å²) < 4.78 is 57.2. The lowest BCUT2D eigenvalue weighted by Crippen LogP contribution is -2.29. The Hall–Kier alpha value is -4.15. The second kappa shape index (κ2) is 8.21. The summed E-state index contributed by atoms with van der Waals surface area (Å²) in [6.45, 7) is 1.94. The van der Waals surface area contributed by atoms with E-state index in [0.29, 0.717) is 28.7 Å². The first-order chi connectivity index (χ1) is 17.1. The van der Waals surface area contributed by atoms with Gasteiger partial charge in [-0.25, -0.2) is 4.79 Å². The van der Waals surface area contributed by atoms with E-state index in [4.69, 9.17) is 9.15 Å². The third kappa shape index (κ3) is 3.37. The quantitative estimate of drug-likeness (QED) is 0.353. The fourth-order valence-corrected chi connectivity index (χ4v) is 4.91. The number of phenolic OH excluding ortho intramolecular Hbond substituents is 1. The number of nitrogens with zero attached hydrogens (tertiary/aromatic N) is 1. The van der Waals surface area contributed by atoms with Crippen LogP contribution in [0.25, 0.3) is 21.9 Å². The number of furan rings is 1. The Bertz CT molecular complexity index is 1530. The number of phenols is 1. The molecule has 11 heteroatoms. The van der Waals surface area contributed by atoms with E-state index in [-0.39, 0.29) is 28.9 Å². The minimum atomic E-state index is -4.91. The number of nitrogens with one attached hydrogen (secondary N) is 1. The van der Waals surface area contributed by atoms with Crippen molar-refractivity contribution in [2.75, 3.05) is 25.7 Å². The number of H-pyrrole nitrogens is 1. The maximum Gasteiger partial charge on any atom is 0.432 e. The molecule has 0 saturated heterocycles. The van der Waals surface area contributed by atoms with Crippen LogP contribution in [0.3, 0.4) is 0 Å². The lowest BCUT2D eigenvalue weighted by Gasteiger charge is -2.16. The number of carbonyl (C=O) groups is 2. The molecule has 2 aromatic heterocycles. The van der Waals surface area contributed by atoms with Gasteiger partial charge in [0.1, 0.15) is 22.8 Å². The van der Waals surface area contributed by atoms with Gasteiger partial charge in [0.2, 0.25) is 0 Å². The first-order valence-electron chi connectivity index (χ1n) is 11.1. The number of fused-ring (bicyclic) bond motifs is 4. The third-order valence-electron chi connectivity index (χ3n) is 6.54. The minimum Gasteiger partial charge on any atom is -0.506 e. The Balaban J connectivity index is 1.73. The standard InChI is InChI=1S/C25H21F3N2O6/c1-4-11-10-30(23(32)17-8-12-15(34-2)6-5-7-16(12)36-17)13-9-14(31)21-19(18(11)13)20(24(33)35-3)22(29-21)25(26,27)28/h5-9,11,29,31H,4,10H2,1-3H3/t11-/m1/s1. The van der Waals surface area contributed by atoms with Crippen LogP contribution in [0.5, 0.6) is 11.5 Å². The SMILES string of the molecule is CC[C@@H]1CN(C(=O)c2cc3c(OC)cccc3o2)c2cc(O)c3[nH]c(C(F)(F)F)c(C(=O)OC)c3c21. The highest BCUT2D eigenvalue weighted by Crippen LogP contribution is 2.50. The molecular weight excluding hydrogens is 481 g/mol. The summed E-state index contributed by atoms with van der Waals surface area (Å²) in [5.41, 5.74) is -1.33. The number of hydrogen-bond donors (Lipinski definition) is 2. The molecule has 4 aromatic rings. The van der Waals surface area contributed by atoms with Crippen molar-refractivity contribution in [1.29, 1.82) is 0 Å². The predicted octanol–water partition coefficient (Wildman–Crippen LogP) is 5.59. The number of halogens is 3. The first kappa shape index (κ1) is 23.6. The van der Waals surface area contributed by atoms with E-state index in [1.54, 1.807) is 18.2 Å². The third-order valence-corrected chi connectivity index (χ3v) is 6.54. The van der Waals surface area contributed by atoms with Crippen molar-refractivity contribution in [1.82, 2.24) is 4.98 Å². The van der Waals surface area contributed by atoms with Gasteiger partial charge in [-0.15, -0.1) is 0 Å². The molecule has 0 unspecified atom stereocenters. The number of esters is 1. The summed E-state index contributed by atoms with van der Waals surface area (Å²) in [4.78, 5) is 29.6. The van der Waals surface area contributed by atoms with Crippen molar-refractivity contribution in [3.8, 4) is 11.5 Å². The van der Waals surface area contributed by atoms with E-state index in [1.165, 1.54) is 24.1 Å². The molecule has 188 valence electrons. The molecule has 0 spiro atoms. The highest BCUT2D eigenvalue weighted by molar-refractivity contribution is 6.14. The topological polar surface area (TPSA) is 105 Å². The lowest BCUT2D eigenvalue weighted by molar-refractivity contribution is -0.141. The number of methoxy groups -OCH3 is 2. The molecule has 2 N–H and O–H groups in total. The normalized spacial score (nSPS) is 15.5. The average Bonchev–Trinajstić information content (AvgIpc) is 3.55. The zero-order valence-electron chi connectivity index (χ0n) is 19.4. The minimum absolute atomic E-state index is 0.00460. The molecule has 1 aliphatic heterocycles. The van der Waals surface area contributed by atoms with Crippen molar-refractivity contribution in [2.45, 2.75) is 25.4 Å². The molecular formula is C25H21F3N2O6. The zero-order chi connectivity index (χ0) is 25.9. The van der Waals surface area contributed by atoms with Crippen LogP contribution in [0.1, 0.15) is 51.4 Å². The second-order valence-corrected chi connectivity index (χ2v) is 8.45. The van der Waals surface area contributed by atoms with Crippen molar-refractivity contribution in [3.05, 3.63) is 52.9 Å². The number of ether oxygens (including phenoxy) is 2. The number of rotatable bonds is 4. The van der Waals surface area contributed by atoms with Crippen LogP contribution in [0.2, 0.25) is 0 Å². The maximum atomic E-state index is 13.8. The van der Waals surface area contributed by atoms with Gasteiger partial charge in [0.05, 0.1) is 36.4 Å². The van der Waals surface area contributed by atoms with Gasteiger partial charge in [0, 0.05) is 30.0 Å². The van der Waals surface area contributed by atoms with Crippen LogP contribution >= 0.6 is 0 Å². The van der Waals surface area contributed by atoms with Gasteiger partial charge in [0.25, 0.3) is 5.91 Å². The van der Waals surface area contributed by atoms with Crippen LogP contribution in [-0.2, 0) is 10.9 Å². The number of aromatic hydroxyl groups is 1. The Morgan fingerprint density at radius 2 is 2.00 bits per heavy atom. The fourth-order valence-electron chi connectivity index (χ4n) is 4.91. The summed E-state index contributed by atoms with van der Waals surface area (Å²) in [6, 6.07) is 7.87. The van der Waals surface area contributed by atoms with Gasteiger partial charge in [-0.1, -0.05) is 13.0 Å². The van der Waals surface area contributed by atoms with Crippen molar-refractivity contribution in [2.24, 2.45) is 0 Å². The molecule has 3 heterocycles. The highest BCUT2D eigenvalue weighted by Gasteiger charge is 2.43. The number of carbonyl (C=O) groups excluding carboxylic acids is 2. The van der Waals surface area contributed by atoms with Gasteiger partial charge >= 0.3 is 12.1 Å². The molecule has 2 aromatic carbocycles. The summed E-state index contributed by atoms with van der Waals surface area (Å²) in [5.74, 6) is -2.19. The molecule has 1 amide bonds. The number of anilines is 1. The van der Waals surface area contributed by atoms with Crippen LogP contribution in [0.15, 0.2) is 34.7 Å². The number of amides is 1.